The van der Waals surface area contributed by atoms with Crippen LogP contribution in [0, 0.1) is 0 Å². The fraction of sp³-hybridized carbons (Fsp3) is 0.400. The van der Waals surface area contributed by atoms with Crippen molar-refractivity contribution in [1.29, 1.82) is 0 Å². The highest BCUT2D eigenvalue weighted by Crippen LogP contribution is 2.35. The van der Waals surface area contributed by atoms with Crippen LogP contribution in [0.5, 0.6) is 5.75 Å². The van der Waals surface area contributed by atoms with E-state index >= 15 is 0 Å². The molecule has 0 radical (unpaired) electrons. The first kappa shape index (κ1) is 21.2. The van der Waals surface area contributed by atoms with Crippen LogP contribution in [0.2, 0.25) is 5.02 Å². The smallest absolute Gasteiger partial charge is 0.434 e. The van der Waals surface area contributed by atoms with E-state index in [0.29, 0.717) is 25.3 Å². The highest BCUT2D eigenvalue weighted by molar-refractivity contribution is 6.31. The maximum absolute atomic E-state index is 13.0. The van der Waals surface area contributed by atoms with Crippen molar-refractivity contribution in [1.82, 2.24) is 10.3 Å². The molecule has 1 aromatic heterocycles. The zero-order valence-corrected chi connectivity index (χ0v) is 16.7. The molecular weight excluding hydrogens is 407 g/mol. The Morgan fingerprint density at radius 3 is 2.59 bits per heavy atom. The summed E-state index contributed by atoms with van der Waals surface area (Å²) in [7, 11) is 0. The molecule has 3 rings (SSSR count). The molecule has 0 unspecified atom stereocenters. The molecule has 29 heavy (non-hydrogen) atoms. The van der Waals surface area contributed by atoms with Gasteiger partial charge in [-0.2, -0.15) is 13.2 Å². The van der Waals surface area contributed by atoms with Crippen LogP contribution in [0.25, 0.3) is 0 Å². The van der Waals surface area contributed by atoms with E-state index in [-0.39, 0.29) is 23.9 Å². The first-order valence-electron chi connectivity index (χ1n) is 9.16. The minimum atomic E-state index is -4.60. The number of pyridine rings is 1. The molecule has 2 atom stereocenters. The number of nitrogens with one attached hydrogen (secondary N) is 1. The Bertz CT molecular complexity index is 874. The van der Waals surface area contributed by atoms with E-state index in [9.17, 15) is 18.0 Å². The number of rotatable bonds is 5. The molecule has 0 aliphatic carbocycles. The van der Waals surface area contributed by atoms with Crippen molar-refractivity contribution in [2.75, 3.05) is 18.0 Å². The average molecular weight is 428 g/mol. The van der Waals surface area contributed by atoms with E-state index in [4.69, 9.17) is 16.3 Å². The van der Waals surface area contributed by atoms with Gasteiger partial charge in [0, 0.05) is 19.9 Å². The number of alkyl halides is 3. The van der Waals surface area contributed by atoms with Crippen LogP contribution in [-0.2, 0) is 11.0 Å². The number of anilines is 1. The monoisotopic (exact) mass is 427 g/mol. The van der Waals surface area contributed by atoms with Gasteiger partial charge in [0.05, 0.1) is 17.6 Å². The third-order valence-electron chi connectivity index (χ3n) is 4.67. The van der Waals surface area contributed by atoms with Gasteiger partial charge in [0.15, 0.2) is 5.69 Å². The van der Waals surface area contributed by atoms with Crippen molar-refractivity contribution >= 4 is 23.3 Å². The highest BCUT2D eigenvalue weighted by atomic mass is 35.5. The van der Waals surface area contributed by atoms with Crippen LogP contribution in [0.1, 0.15) is 37.6 Å². The molecule has 1 saturated heterocycles. The predicted molar refractivity (Wildman–Crippen MR) is 104 cm³/mol. The van der Waals surface area contributed by atoms with Gasteiger partial charge in [-0.15, -0.1) is 0 Å². The summed E-state index contributed by atoms with van der Waals surface area (Å²) in [4.78, 5) is 16.6. The standard InChI is InChI=1S/C20H21ClF3N3O2/c1-12(25-13(2)28)14-3-5-15(6-4-14)29-16-9-10-27(11-16)18-8-7-17(21)19(26-18)20(22,23)24/h3-8,12,16H,9-11H2,1-2H3,(H,25,28)/t12-,16+/m0/s1. The van der Waals surface area contributed by atoms with Gasteiger partial charge in [-0.3, -0.25) is 4.79 Å². The zero-order chi connectivity index (χ0) is 21.2. The Morgan fingerprint density at radius 1 is 1.28 bits per heavy atom. The molecule has 1 N–H and O–H groups in total. The van der Waals surface area contributed by atoms with Crippen molar-refractivity contribution in [3.63, 3.8) is 0 Å². The van der Waals surface area contributed by atoms with E-state index in [1.54, 1.807) is 4.90 Å². The lowest BCUT2D eigenvalue weighted by Crippen LogP contribution is -2.26. The number of hydrogen-bond acceptors (Lipinski definition) is 4. The van der Waals surface area contributed by atoms with Gasteiger partial charge in [-0.05, 0) is 36.8 Å². The van der Waals surface area contributed by atoms with Crippen LogP contribution in [-0.4, -0.2) is 30.1 Å². The van der Waals surface area contributed by atoms with Gasteiger partial charge in [-0.1, -0.05) is 23.7 Å². The quantitative estimate of drug-likeness (QED) is 0.757. The molecule has 1 amide bonds. The summed E-state index contributed by atoms with van der Waals surface area (Å²) < 4.78 is 45.0. The van der Waals surface area contributed by atoms with Crippen LogP contribution in [0.3, 0.4) is 0 Å². The molecule has 1 aliphatic heterocycles. The second kappa shape index (κ2) is 8.49. The molecule has 2 heterocycles. The maximum atomic E-state index is 13.0. The van der Waals surface area contributed by atoms with Crippen LogP contribution >= 0.6 is 11.6 Å². The minimum Gasteiger partial charge on any atom is -0.489 e. The third-order valence-corrected chi connectivity index (χ3v) is 4.98. The summed E-state index contributed by atoms with van der Waals surface area (Å²) in [6.45, 7) is 4.32. The number of hydrogen-bond donors (Lipinski definition) is 1. The summed E-state index contributed by atoms with van der Waals surface area (Å²) in [5.41, 5.74) is -0.129. The number of carbonyl (C=O) groups excluding carboxylic acids is 1. The Balaban J connectivity index is 1.62. The second-order valence-corrected chi connectivity index (χ2v) is 7.37. The molecule has 0 bridgehead atoms. The first-order chi connectivity index (χ1) is 13.6. The molecular formula is C20H21ClF3N3O2. The number of halogens is 4. The van der Waals surface area contributed by atoms with Crippen LogP contribution in [0.4, 0.5) is 19.0 Å². The maximum Gasteiger partial charge on any atom is 0.434 e. The van der Waals surface area contributed by atoms with Crippen molar-refractivity contribution in [2.45, 2.75) is 38.6 Å². The topological polar surface area (TPSA) is 54.5 Å². The fourth-order valence-corrected chi connectivity index (χ4v) is 3.47. The SMILES string of the molecule is CC(=O)N[C@@H](C)c1ccc(O[C@@H]2CCN(c3ccc(Cl)c(C(F)(F)F)n3)C2)cc1. The van der Waals surface area contributed by atoms with Gasteiger partial charge < -0.3 is 15.0 Å². The molecule has 0 spiro atoms. The summed E-state index contributed by atoms with van der Waals surface area (Å²) in [6.07, 6.45) is -4.10. The average Bonchev–Trinajstić information content (AvgIpc) is 3.09. The number of carbonyl (C=O) groups is 1. The number of benzene rings is 1. The summed E-state index contributed by atoms with van der Waals surface area (Å²) in [5.74, 6) is 0.788. The first-order valence-corrected chi connectivity index (χ1v) is 9.53. The van der Waals surface area contributed by atoms with E-state index in [2.05, 4.69) is 10.3 Å². The van der Waals surface area contributed by atoms with Gasteiger partial charge in [0.25, 0.3) is 0 Å². The zero-order valence-electron chi connectivity index (χ0n) is 16.0. The van der Waals surface area contributed by atoms with Crippen LogP contribution in [0.15, 0.2) is 36.4 Å². The Hall–Kier alpha value is -2.48. The molecule has 5 nitrogen and oxygen atoms in total. The Labute approximate surface area is 171 Å². The Morgan fingerprint density at radius 2 is 1.97 bits per heavy atom. The summed E-state index contributed by atoms with van der Waals surface area (Å²) in [6, 6.07) is 9.98. The molecule has 9 heteroatoms. The van der Waals surface area contributed by atoms with Gasteiger partial charge in [0.2, 0.25) is 5.91 Å². The summed E-state index contributed by atoms with van der Waals surface area (Å²) in [5, 5.41) is 2.40. The van der Waals surface area contributed by atoms with Crippen LogP contribution < -0.4 is 15.0 Å². The number of ether oxygens (including phenoxy) is 1. The van der Waals surface area contributed by atoms with E-state index in [1.807, 2.05) is 31.2 Å². The molecule has 2 aromatic rings. The lowest BCUT2D eigenvalue weighted by atomic mass is 10.1. The Kier molecular flexibility index (Phi) is 6.21. The van der Waals surface area contributed by atoms with Gasteiger partial charge in [-0.25, -0.2) is 4.98 Å². The van der Waals surface area contributed by atoms with E-state index in [0.717, 1.165) is 5.56 Å². The minimum absolute atomic E-state index is 0.103. The lowest BCUT2D eigenvalue weighted by molar-refractivity contribution is -0.141. The molecule has 1 fully saturated rings. The van der Waals surface area contributed by atoms with Crippen molar-refractivity contribution in [2.24, 2.45) is 0 Å². The van der Waals surface area contributed by atoms with E-state index in [1.165, 1.54) is 19.1 Å². The van der Waals surface area contributed by atoms with Crippen molar-refractivity contribution < 1.29 is 22.7 Å². The second-order valence-electron chi connectivity index (χ2n) is 6.96. The lowest BCUT2D eigenvalue weighted by Gasteiger charge is -2.20. The third kappa shape index (κ3) is 5.32. The van der Waals surface area contributed by atoms with Gasteiger partial charge in [0.1, 0.15) is 17.7 Å². The van der Waals surface area contributed by atoms with Crippen molar-refractivity contribution in [3.05, 3.63) is 52.7 Å². The fourth-order valence-electron chi connectivity index (χ4n) is 3.25. The number of nitrogens with zero attached hydrogens (tertiary/aromatic N) is 2. The molecule has 1 aliphatic rings. The normalized spacial score (nSPS) is 17.9. The highest BCUT2D eigenvalue weighted by Gasteiger charge is 2.36. The largest absolute Gasteiger partial charge is 0.489 e. The molecule has 1 aromatic carbocycles. The predicted octanol–water partition coefficient (Wildman–Crippen LogP) is 4.61. The summed E-state index contributed by atoms with van der Waals surface area (Å²) >= 11 is 5.64. The van der Waals surface area contributed by atoms with Crippen molar-refractivity contribution in [3.8, 4) is 5.75 Å². The van der Waals surface area contributed by atoms with Gasteiger partial charge >= 0.3 is 6.18 Å². The molecule has 0 saturated carbocycles. The molecule has 156 valence electrons. The number of aromatic nitrogens is 1. The van der Waals surface area contributed by atoms with E-state index < -0.39 is 16.9 Å². The number of amides is 1.